The number of nitrogens with one attached hydrogen (secondary N) is 1. The van der Waals surface area contributed by atoms with Crippen LogP contribution in [0, 0.1) is 0 Å². The summed E-state index contributed by atoms with van der Waals surface area (Å²) >= 11 is 0. The second-order valence-electron chi connectivity index (χ2n) is 16.6. The quantitative estimate of drug-likeness (QED) is 0.0200. The number of esters is 1. The first-order valence-corrected chi connectivity index (χ1v) is 26.5. The van der Waals surface area contributed by atoms with E-state index in [0.717, 1.165) is 83.5 Å². The summed E-state index contributed by atoms with van der Waals surface area (Å²) in [6, 6.07) is -1.55. The van der Waals surface area contributed by atoms with Crippen LogP contribution >= 0.6 is 7.82 Å². The Labute approximate surface area is 389 Å². The Kier molecular flexibility index (Phi) is 44.2. The Morgan fingerprint density at radius 1 is 0.516 bits per heavy atom. The van der Waals surface area contributed by atoms with Crippen LogP contribution < -0.4 is 5.32 Å². The van der Waals surface area contributed by atoms with Gasteiger partial charge in [0.05, 0.1) is 13.2 Å². The van der Waals surface area contributed by atoms with Gasteiger partial charge in [-0.3, -0.25) is 18.6 Å². The highest BCUT2D eigenvalue weighted by molar-refractivity contribution is 7.47. The number of hydrogen-bond acceptors (Lipinski definition) is 8. The summed E-state index contributed by atoms with van der Waals surface area (Å²) in [7, 11) is -4.77. The van der Waals surface area contributed by atoms with Crippen LogP contribution in [0.4, 0.5) is 0 Å². The SMILES string of the molecule is CC/C=C\C/C=C\C/C=C\C/C=C\C/C=C\CCCCCCCC(=O)OCC(O)COP(=O)(O)OCC(NC(=O)CCCCCCCCCCC/C=C/CCCCCCCC)C(=O)O. The molecule has 11 nitrogen and oxygen atoms in total. The van der Waals surface area contributed by atoms with Crippen molar-refractivity contribution >= 4 is 25.7 Å². The molecule has 0 spiro atoms. The molecule has 0 aliphatic rings. The molecule has 368 valence electrons. The first-order valence-electron chi connectivity index (χ1n) is 25.0. The zero-order valence-corrected chi connectivity index (χ0v) is 41.0. The molecule has 0 aromatic carbocycles. The number of rotatable bonds is 46. The number of ether oxygens (including phenoxy) is 1. The first kappa shape index (κ1) is 60.9. The van der Waals surface area contributed by atoms with Crippen LogP contribution in [-0.2, 0) is 32.7 Å². The highest BCUT2D eigenvalue weighted by atomic mass is 31.2. The third-order valence-corrected chi connectivity index (χ3v) is 11.4. The number of aliphatic hydroxyl groups is 1. The van der Waals surface area contributed by atoms with Crippen molar-refractivity contribution in [2.24, 2.45) is 0 Å². The Bertz CT molecular complexity index is 1360. The average molecular weight is 920 g/mol. The van der Waals surface area contributed by atoms with Crippen LogP contribution in [0.1, 0.15) is 206 Å². The first-order chi connectivity index (χ1) is 31.1. The van der Waals surface area contributed by atoms with Crippen molar-refractivity contribution in [3.63, 3.8) is 0 Å². The summed E-state index contributed by atoms with van der Waals surface area (Å²) in [5, 5.41) is 21.9. The van der Waals surface area contributed by atoms with Gasteiger partial charge in [0.2, 0.25) is 5.91 Å². The van der Waals surface area contributed by atoms with E-state index in [1.54, 1.807) is 0 Å². The van der Waals surface area contributed by atoms with E-state index in [0.29, 0.717) is 12.8 Å². The van der Waals surface area contributed by atoms with Gasteiger partial charge >= 0.3 is 19.8 Å². The van der Waals surface area contributed by atoms with E-state index in [1.807, 2.05) is 0 Å². The number of carbonyl (C=O) groups is 3. The molecule has 1 amide bonds. The second-order valence-corrected chi connectivity index (χ2v) is 18.1. The molecule has 0 saturated carbocycles. The zero-order valence-electron chi connectivity index (χ0n) is 40.1. The molecule has 0 rings (SSSR count). The van der Waals surface area contributed by atoms with E-state index in [2.05, 4.69) is 92.1 Å². The van der Waals surface area contributed by atoms with E-state index in [-0.39, 0.29) is 12.8 Å². The van der Waals surface area contributed by atoms with E-state index in [1.165, 1.54) is 83.5 Å². The molecule has 0 bridgehead atoms. The van der Waals surface area contributed by atoms with Gasteiger partial charge in [-0.2, -0.15) is 0 Å². The number of carboxylic acid groups (broad SMARTS) is 1. The number of aliphatic hydroxyl groups excluding tert-OH is 1. The number of unbranched alkanes of at least 4 members (excludes halogenated alkanes) is 20. The average Bonchev–Trinajstić information content (AvgIpc) is 3.27. The van der Waals surface area contributed by atoms with E-state index >= 15 is 0 Å². The summed E-state index contributed by atoms with van der Waals surface area (Å²) in [5.41, 5.74) is 0. The Morgan fingerprint density at radius 3 is 1.38 bits per heavy atom. The molecule has 0 radical (unpaired) electrons. The van der Waals surface area contributed by atoms with Crippen LogP contribution in [-0.4, -0.2) is 64.9 Å². The summed E-state index contributed by atoms with van der Waals surface area (Å²) in [6.45, 7) is 2.47. The number of phosphoric acid groups is 1. The van der Waals surface area contributed by atoms with Gasteiger partial charge in [0, 0.05) is 12.8 Å². The number of carboxylic acids is 1. The number of hydrogen-bond donors (Lipinski definition) is 4. The fourth-order valence-electron chi connectivity index (χ4n) is 6.63. The van der Waals surface area contributed by atoms with Crippen molar-refractivity contribution < 1.29 is 47.8 Å². The molecule has 0 fully saturated rings. The van der Waals surface area contributed by atoms with Crippen molar-refractivity contribution in [3.05, 3.63) is 72.9 Å². The minimum absolute atomic E-state index is 0.140. The van der Waals surface area contributed by atoms with Gasteiger partial charge in [-0.1, -0.05) is 183 Å². The topological polar surface area (TPSA) is 169 Å². The van der Waals surface area contributed by atoms with Crippen molar-refractivity contribution in [2.75, 3.05) is 19.8 Å². The number of allylic oxidation sites excluding steroid dienone is 12. The molecule has 0 aliphatic carbocycles. The molecule has 12 heteroatoms. The highest BCUT2D eigenvalue weighted by Crippen LogP contribution is 2.43. The van der Waals surface area contributed by atoms with Crippen LogP contribution in [0.3, 0.4) is 0 Å². The van der Waals surface area contributed by atoms with Crippen LogP contribution in [0.5, 0.6) is 0 Å². The van der Waals surface area contributed by atoms with E-state index in [9.17, 15) is 34.1 Å². The van der Waals surface area contributed by atoms with Crippen molar-refractivity contribution in [1.29, 1.82) is 0 Å². The van der Waals surface area contributed by atoms with Crippen molar-refractivity contribution in [2.45, 2.75) is 219 Å². The largest absolute Gasteiger partial charge is 0.480 e. The number of phosphoric ester groups is 1. The molecule has 3 unspecified atom stereocenters. The monoisotopic (exact) mass is 920 g/mol. The second kappa shape index (κ2) is 46.4. The Balaban J connectivity index is 3.89. The fourth-order valence-corrected chi connectivity index (χ4v) is 7.40. The lowest BCUT2D eigenvalue weighted by atomic mass is 10.1. The van der Waals surface area contributed by atoms with Gasteiger partial charge in [0.25, 0.3) is 0 Å². The summed E-state index contributed by atoms with van der Waals surface area (Å²) in [5.74, 6) is -2.40. The summed E-state index contributed by atoms with van der Waals surface area (Å²) in [4.78, 5) is 46.1. The molecule has 0 saturated heterocycles. The number of amides is 1. The van der Waals surface area contributed by atoms with Gasteiger partial charge in [-0.25, -0.2) is 9.36 Å². The summed E-state index contributed by atoms with van der Waals surface area (Å²) in [6.07, 6.45) is 56.3. The summed E-state index contributed by atoms with van der Waals surface area (Å²) < 4.78 is 26.9. The Hall–Kier alpha value is -3.08. The maximum Gasteiger partial charge on any atom is 0.472 e. The molecule has 0 aromatic rings. The molecule has 0 aliphatic heterocycles. The lowest BCUT2D eigenvalue weighted by Crippen LogP contribution is -2.43. The van der Waals surface area contributed by atoms with Crippen LogP contribution in [0.25, 0.3) is 0 Å². The standard InChI is InChI=1S/C52H90NO10P/c1-3-5-7-9-11-13-15-17-19-21-23-24-26-28-30-32-34-36-38-40-42-44-51(56)61-45-48(54)46-62-64(59,60)63-47-49(52(57)58)53-50(55)43-41-39-37-35-33-31-29-27-25-22-20-18-16-14-12-10-8-6-4-2/h5,7,11,13,17-20,23-24,28,30,48-49,54H,3-4,6,8-10,12,14-16,21-22,25-27,29,31-47H2,1-2H3,(H,53,55)(H,57,58)(H,59,60)/b7-5-,13-11-,19-17-,20-18+,24-23-,30-28-. The smallest absolute Gasteiger partial charge is 0.472 e. The number of carbonyl (C=O) groups excluding carboxylic acids is 2. The maximum atomic E-state index is 12.4. The van der Waals surface area contributed by atoms with Crippen molar-refractivity contribution in [3.8, 4) is 0 Å². The van der Waals surface area contributed by atoms with Gasteiger partial charge in [-0.15, -0.1) is 0 Å². The lowest BCUT2D eigenvalue weighted by Gasteiger charge is -2.18. The van der Waals surface area contributed by atoms with Crippen molar-refractivity contribution in [1.82, 2.24) is 5.32 Å². The molecule has 64 heavy (non-hydrogen) atoms. The lowest BCUT2D eigenvalue weighted by molar-refractivity contribution is -0.147. The minimum atomic E-state index is -4.77. The number of aliphatic carboxylic acids is 1. The molecule has 4 N–H and O–H groups in total. The minimum Gasteiger partial charge on any atom is -0.480 e. The van der Waals surface area contributed by atoms with Crippen LogP contribution in [0.2, 0.25) is 0 Å². The molecular weight excluding hydrogens is 830 g/mol. The van der Waals surface area contributed by atoms with E-state index < -0.39 is 57.6 Å². The third kappa shape index (κ3) is 45.5. The predicted molar refractivity (Wildman–Crippen MR) is 263 cm³/mol. The Morgan fingerprint density at radius 2 is 0.906 bits per heavy atom. The van der Waals surface area contributed by atoms with Gasteiger partial charge in [-0.05, 0) is 83.5 Å². The van der Waals surface area contributed by atoms with Crippen LogP contribution in [0.15, 0.2) is 72.9 Å². The predicted octanol–water partition coefficient (Wildman–Crippen LogP) is 13.7. The molecule has 0 aromatic heterocycles. The normalized spacial score (nSPS) is 14.2. The van der Waals surface area contributed by atoms with Gasteiger partial charge in [0.15, 0.2) is 6.04 Å². The molecular formula is C52H90NO10P. The van der Waals surface area contributed by atoms with Gasteiger partial charge < -0.3 is 25.2 Å². The highest BCUT2D eigenvalue weighted by Gasteiger charge is 2.28. The molecule has 0 heterocycles. The van der Waals surface area contributed by atoms with E-state index in [4.69, 9.17) is 13.8 Å². The molecule has 3 atom stereocenters. The zero-order chi connectivity index (χ0) is 47.0. The van der Waals surface area contributed by atoms with Gasteiger partial charge in [0.1, 0.15) is 12.7 Å². The third-order valence-electron chi connectivity index (χ3n) is 10.5. The maximum absolute atomic E-state index is 12.4. The fraction of sp³-hybridized carbons (Fsp3) is 0.712.